The zero-order chi connectivity index (χ0) is 43.5. The minimum atomic E-state index is 0.684. The normalized spacial score (nSPS) is 15.3. The molecule has 0 unspecified atom stereocenters. The molecular formula is C64H70. The average molecular weight is 839 g/mol. The van der Waals surface area contributed by atoms with Crippen molar-refractivity contribution in [3.05, 3.63) is 178 Å². The van der Waals surface area contributed by atoms with Gasteiger partial charge in [0.05, 0.1) is 0 Å². The van der Waals surface area contributed by atoms with Gasteiger partial charge in [-0.1, -0.05) is 224 Å². The maximum Gasteiger partial charge on any atom is -0.00261 e. The minimum Gasteiger partial charge on any atom is -0.0654 e. The van der Waals surface area contributed by atoms with Crippen molar-refractivity contribution in [1.82, 2.24) is 0 Å². The highest BCUT2D eigenvalue weighted by atomic mass is 14.2. The Balaban J connectivity index is 1.16. The highest BCUT2D eigenvalue weighted by Gasteiger charge is 2.21. The Morgan fingerprint density at radius 2 is 0.719 bits per heavy atom. The van der Waals surface area contributed by atoms with E-state index in [-0.39, 0.29) is 0 Å². The molecule has 0 aliphatic heterocycles. The van der Waals surface area contributed by atoms with Crippen LogP contribution >= 0.6 is 0 Å². The fourth-order valence-corrected chi connectivity index (χ4v) is 10.9. The first-order chi connectivity index (χ1) is 31.6. The molecule has 2 fully saturated rings. The number of benzene rings is 7. The summed E-state index contributed by atoms with van der Waals surface area (Å²) in [6.07, 6.45) is 32.6. The molecule has 0 bridgehead atoms. The maximum absolute atomic E-state index is 2.47. The summed E-state index contributed by atoms with van der Waals surface area (Å²) < 4.78 is 0. The van der Waals surface area contributed by atoms with Gasteiger partial charge in [-0.15, -0.1) is 0 Å². The number of rotatable bonds is 16. The van der Waals surface area contributed by atoms with Gasteiger partial charge in [-0.05, 0) is 164 Å². The van der Waals surface area contributed by atoms with Gasteiger partial charge in [-0.25, -0.2) is 0 Å². The Kier molecular flexibility index (Phi) is 14.7. The standard InChI is InChI=1S/C64H70/c1-3-5-9-15-47-21-25-49(26-22-47)29-31-51-33-43-59-61(45-51)63(57-39-35-55(36-40-57)53-17-11-7-12-18-53)60-44-34-52(32-30-50-27-23-48(24-28-50)16-10-6-4-2)46-62(60)64(59)58-41-37-56(38-42-58)54-19-13-8-14-20-54/h21-46,53-54H,3-20H2,1-2H3. The van der Waals surface area contributed by atoms with Crippen molar-refractivity contribution in [3.8, 4) is 22.3 Å². The molecule has 326 valence electrons. The summed E-state index contributed by atoms with van der Waals surface area (Å²) in [6.45, 7) is 4.56. The molecule has 2 aliphatic carbocycles. The maximum atomic E-state index is 2.47. The first-order valence-electron chi connectivity index (χ1n) is 25.4. The third-order valence-electron chi connectivity index (χ3n) is 14.8. The van der Waals surface area contributed by atoms with Crippen LogP contribution in [0.1, 0.15) is 173 Å². The van der Waals surface area contributed by atoms with Crippen molar-refractivity contribution >= 4 is 45.8 Å². The van der Waals surface area contributed by atoms with Crippen LogP contribution in [-0.4, -0.2) is 0 Å². The van der Waals surface area contributed by atoms with Crippen LogP contribution in [0.15, 0.2) is 133 Å². The summed E-state index contributed by atoms with van der Waals surface area (Å²) in [5, 5.41) is 5.27. The molecule has 0 saturated heterocycles. The quantitative estimate of drug-likeness (QED) is 0.0517. The molecule has 64 heavy (non-hydrogen) atoms. The van der Waals surface area contributed by atoms with Gasteiger partial charge in [0.1, 0.15) is 0 Å². The zero-order valence-electron chi connectivity index (χ0n) is 38.9. The van der Waals surface area contributed by atoms with E-state index in [4.69, 9.17) is 0 Å². The second kappa shape index (κ2) is 21.5. The van der Waals surface area contributed by atoms with E-state index in [1.54, 1.807) is 0 Å². The van der Waals surface area contributed by atoms with Gasteiger partial charge in [0, 0.05) is 0 Å². The van der Waals surface area contributed by atoms with Crippen LogP contribution in [0.3, 0.4) is 0 Å². The van der Waals surface area contributed by atoms with Gasteiger partial charge in [0.25, 0.3) is 0 Å². The van der Waals surface area contributed by atoms with Crippen LogP contribution in [0.25, 0.3) is 68.1 Å². The topological polar surface area (TPSA) is 0 Å². The van der Waals surface area contributed by atoms with Crippen LogP contribution < -0.4 is 0 Å². The Labute approximate surface area is 385 Å². The number of aryl methyl sites for hydroxylation is 2. The fourth-order valence-electron chi connectivity index (χ4n) is 10.9. The first kappa shape index (κ1) is 43.8. The van der Waals surface area contributed by atoms with Gasteiger partial charge in [0.15, 0.2) is 0 Å². The van der Waals surface area contributed by atoms with E-state index < -0.39 is 0 Å². The Hall–Kier alpha value is -5.46. The highest BCUT2D eigenvalue weighted by molar-refractivity contribution is 6.22. The monoisotopic (exact) mass is 839 g/mol. The zero-order valence-corrected chi connectivity index (χ0v) is 38.9. The third kappa shape index (κ3) is 10.6. The number of hydrogen-bond donors (Lipinski definition) is 0. The summed E-state index contributed by atoms with van der Waals surface area (Å²) >= 11 is 0. The summed E-state index contributed by atoms with van der Waals surface area (Å²) in [7, 11) is 0. The van der Waals surface area contributed by atoms with E-state index in [0.29, 0.717) is 11.8 Å². The predicted octanol–water partition coefficient (Wildman–Crippen LogP) is 19.2. The Morgan fingerprint density at radius 1 is 0.359 bits per heavy atom. The molecule has 0 heterocycles. The predicted molar refractivity (Wildman–Crippen MR) is 281 cm³/mol. The van der Waals surface area contributed by atoms with Gasteiger partial charge in [-0.2, -0.15) is 0 Å². The van der Waals surface area contributed by atoms with Crippen molar-refractivity contribution in [2.75, 3.05) is 0 Å². The molecule has 7 aromatic rings. The minimum absolute atomic E-state index is 0.684. The molecule has 0 aromatic heterocycles. The van der Waals surface area contributed by atoms with E-state index in [1.807, 2.05) is 0 Å². The van der Waals surface area contributed by atoms with Crippen molar-refractivity contribution in [2.45, 2.75) is 141 Å². The smallest absolute Gasteiger partial charge is 0.00261 e. The molecule has 0 radical (unpaired) electrons. The van der Waals surface area contributed by atoms with Crippen molar-refractivity contribution < 1.29 is 0 Å². The first-order valence-corrected chi connectivity index (χ1v) is 25.4. The molecule has 2 aliphatic rings. The summed E-state index contributed by atoms with van der Waals surface area (Å²) in [5.74, 6) is 1.37. The average Bonchev–Trinajstić information content (AvgIpc) is 3.36. The lowest BCUT2D eigenvalue weighted by Crippen LogP contribution is -2.04. The number of unbranched alkanes of at least 4 members (excludes halogenated alkanes) is 4. The van der Waals surface area contributed by atoms with Crippen molar-refractivity contribution in [2.24, 2.45) is 0 Å². The summed E-state index contributed by atoms with van der Waals surface area (Å²) in [5.41, 5.74) is 16.1. The lowest BCUT2D eigenvalue weighted by Gasteiger charge is -2.23. The van der Waals surface area contributed by atoms with Gasteiger partial charge < -0.3 is 0 Å². The third-order valence-corrected chi connectivity index (χ3v) is 14.8. The SMILES string of the molecule is CCCCCc1ccc(C=Cc2ccc3c(-c4ccc(C5CCCCC5)cc4)c4cc(C=Cc5ccc(CCCCC)cc5)ccc4c(-c4ccc(C5CCCCC5)cc4)c3c2)cc1. The molecule has 0 atom stereocenters. The lowest BCUT2D eigenvalue weighted by atomic mass is 9.81. The molecule has 7 aromatic carbocycles. The molecule has 0 spiro atoms. The van der Waals surface area contributed by atoms with Gasteiger partial charge >= 0.3 is 0 Å². The lowest BCUT2D eigenvalue weighted by molar-refractivity contribution is 0.443. The van der Waals surface area contributed by atoms with Crippen LogP contribution in [0.4, 0.5) is 0 Å². The largest absolute Gasteiger partial charge is 0.0654 e. The van der Waals surface area contributed by atoms with Crippen molar-refractivity contribution in [1.29, 1.82) is 0 Å². The highest BCUT2D eigenvalue weighted by Crippen LogP contribution is 2.46. The second-order valence-electron chi connectivity index (χ2n) is 19.3. The number of hydrogen-bond acceptors (Lipinski definition) is 0. The van der Waals surface area contributed by atoms with E-state index >= 15 is 0 Å². The molecule has 0 N–H and O–H groups in total. The summed E-state index contributed by atoms with van der Waals surface area (Å²) in [4.78, 5) is 0. The van der Waals surface area contributed by atoms with Gasteiger partial charge in [-0.3, -0.25) is 0 Å². The van der Waals surface area contributed by atoms with Crippen molar-refractivity contribution in [3.63, 3.8) is 0 Å². The Bertz CT molecular complexity index is 2450. The molecule has 0 nitrogen and oxygen atoms in total. The number of fused-ring (bicyclic) bond motifs is 2. The van der Waals surface area contributed by atoms with Gasteiger partial charge in [0.2, 0.25) is 0 Å². The van der Waals surface area contributed by atoms with E-state index in [1.165, 1.54) is 191 Å². The second-order valence-corrected chi connectivity index (χ2v) is 19.3. The fraction of sp³-hybridized carbons (Fsp3) is 0.344. The van der Waals surface area contributed by atoms with E-state index in [9.17, 15) is 0 Å². The molecule has 2 saturated carbocycles. The van der Waals surface area contributed by atoms with E-state index in [2.05, 4.69) is 172 Å². The van der Waals surface area contributed by atoms with Crippen LogP contribution in [0.2, 0.25) is 0 Å². The van der Waals surface area contributed by atoms with Crippen LogP contribution in [0.5, 0.6) is 0 Å². The van der Waals surface area contributed by atoms with E-state index in [0.717, 1.165) is 12.8 Å². The molecular weight excluding hydrogens is 769 g/mol. The Morgan fingerprint density at radius 3 is 1.09 bits per heavy atom. The molecule has 0 amide bonds. The summed E-state index contributed by atoms with van der Waals surface area (Å²) in [6, 6.07) is 52.4. The molecule has 0 heteroatoms. The molecule has 9 rings (SSSR count). The van der Waals surface area contributed by atoms with Crippen LogP contribution in [0, 0.1) is 0 Å². The van der Waals surface area contributed by atoms with Crippen LogP contribution in [-0.2, 0) is 12.8 Å².